The standard InChI is InChI=1S/C22H27N3O3/c1-28-14-11-24-21(26)19-6-4-17(5-7-19)15-18-8-12-25(13-9-18)22(27)20-3-2-10-23-16-20/h2-7,10,16,18H,8-9,11-15H2,1H3,(H,24,26). The molecule has 2 amide bonds. The molecule has 28 heavy (non-hydrogen) atoms. The Morgan fingerprint density at radius 2 is 1.89 bits per heavy atom. The van der Waals surface area contributed by atoms with Gasteiger partial charge in [-0.25, -0.2) is 0 Å². The van der Waals surface area contributed by atoms with Crippen molar-refractivity contribution in [3.05, 3.63) is 65.5 Å². The molecule has 1 N–H and O–H groups in total. The first-order valence-corrected chi connectivity index (χ1v) is 9.72. The number of carbonyl (C=O) groups excluding carboxylic acids is 2. The number of likely N-dealkylation sites (tertiary alicyclic amines) is 1. The summed E-state index contributed by atoms with van der Waals surface area (Å²) < 4.78 is 4.94. The van der Waals surface area contributed by atoms with Crippen molar-refractivity contribution in [1.29, 1.82) is 0 Å². The monoisotopic (exact) mass is 381 g/mol. The smallest absolute Gasteiger partial charge is 0.255 e. The molecule has 6 heteroatoms. The Balaban J connectivity index is 1.47. The molecule has 0 spiro atoms. The Labute approximate surface area is 165 Å². The van der Waals surface area contributed by atoms with E-state index in [4.69, 9.17) is 4.74 Å². The van der Waals surface area contributed by atoms with Crippen molar-refractivity contribution < 1.29 is 14.3 Å². The van der Waals surface area contributed by atoms with E-state index in [1.165, 1.54) is 5.56 Å². The van der Waals surface area contributed by atoms with Crippen molar-refractivity contribution in [2.75, 3.05) is 33.4 Å². The minimum absolute atomic E-state index is 0.0652. The van der Waals surface area contributed by atoms with Gasteiger partial charge >= 0.3 is 0 Å². The number of aromatic nitrogens is 1. The molecule has 1 aliphatic rings. The molecular weight excluding hydrogens is 354 g/mol. The Kier molecular flexibility index (Phi) is 7.14. The Hall–Kier alpha value is -2.73. The van der Waals surface area contributed by atoms with Crippen molar-refractivity contribution in [1.82, 2.24) is 15.2 Å². The number of hydrogen-bond donors (Lipinski definition) is 1. The summed E-state index contributed by atoms with van der Waals surface area (Å²) in [6, 6.07) is 11.4. The van der Waals surface area contributed by atoms with Crippen LogP contribution in [-0.2, 0) is 11.2 Å². The van der Waals surface area contributed by atoms with Crippen LogP contribution in [-0.4, -0.2) is 55.0 Å². The van der Waals surface area contributed by atoms with Crippen molar-refractivity contribution in [2.24, 2.45) is 5.92 Å². The van der Waals surface area contributed by atoms with Crippen LogP contribution in [0, 0.1) is 5.92 Å². The second-order valence-corrected chi connectivity index (χ2v) is 7.13. The minimum atomic E-state index is -0.0779. The van der Waals surface area contributed by atoms with Crippen molar-refractivity contribution >= 4 is 11.8 Å². The summed E-state index contributed by atoms with van der Waals surface area (Å²) in [5.41, 5.74) is 2.54. The van der Waals surface area contributed by atoms with E-state index in [0.29, 0.717) is 30.2 Å². The molecule has 1 aromatic carbocycles. The van der Waals surface area contributed by atoms with Crippen molar-refractivity contribution in [2.45, 2.75) is 19.3 Å². The fraction of sp³-hybridized carbons (Fsp3) is 0.409. The summed E-state index contributed by atoms with van der Waals surface area (Å²) in [7, 11) is 1.61. The molecule has 0 aliphatic carbocycles. The third-order valence-electron chi connectivity index (χ3n) is 5.14. The molecule has 1 aromatic heterocycles. The molecule has 0 radical (unpaired) electrons. The van der Waals surface area contributed by atoms with Crippen LogP contribution in [0.25, 0.3) is 0 Å². The summed E-state index contributed by atoms with van der Waals surface area (Å²) >= 11 is 0. The van der Waals surface area contributed by atoms with Gasteiger partial charge in [0.2, 0.25) is 0 Å². The number of ether oxygens (including phenoxy) is 1. The van der Waals surface area contributed by atoms with E-state index in [1.807, 2.05) is 35.2 Å². The van der Waals surface area contributed by atoms with Gasteiger partial charge in [0, 0.05) is 44.7 Å². The summed E-state index contributed by atoms with van der Waals surface area (Å²) in [5.74, 6) is 0.542. The van der Waals surface area contributed by atoms with E-state index >= 15 is 0 Å². The molecule has 6 nitrogen and oxygen atoms in total. The highest BCUT2D eigenvalue weighted by Gasteiger charge is 2.23. The average Bonchev–Trinajstić information content (AvgIpc) is 2.75. The third kappa shape index (κ3) is 5.39. The van der Waals surface area contributed by atoms with Gasteiger partial charge in [-0.15, -0.1) is 0 Å². The molecule has 3 rings (SSSR count). The highest BCUT2D eigenvalue weighted by atomic mass is 16.5. The van der Waals surface area contributed by atoms with Crippen LogP contribution in [0.4, 0.5) is 0 Å². The number of methoxy groups -OCH3 is 1. The van der Waals surface area contributed by atoms with Crippen LogP contribution >= 0.6 is 0 Å². The number of amides is 2. The van der Waals surface area contributed by atoms with E-state index in [1.54, 1.807) is 25.6 Å². The summed E-state index contributed by atoms with van der Waals surface area (Å²) in [5, 5.41) is 2.82. The van der Waals surface area contributed by atoms with Crippen LogP contribution in [0.2, 0.25) is 0 Å². The maximum Gasteiger partial charge on any atom is 0.255 e. The van der Waals surface area contributed by atoms with E-state index in [9.17, 15) is 9.59 Å². The summed E-state index contributed by atoms with van der Waals surface area (Å²) in [6.45, 7) is 2.57. The van der Waals surface area contributed by atoms with Gasteiger partial charge in [-0.1, -0.05) is 12.1 Å². The van der Waals surface area contributed by atoms with Gasteiger partial charge in [-0.05, 0) is 55.0 Å². The van der Waals surface area contributed by atoms with Crippen LogP contribution < -0.4 is 5.32 Å². The van der Waals surface area contributed by atoms with Crippen molar-refractivity contribution in [3.8, 4) is 0 Å². The molecule has 1 fully saturated rings. The second-order valence-electron chi connectivity index (χ2n) is 7.13. The number of rotatable bonds is 7. The predicted octanol–water partition coefficient (Wildman–Crippen LogP) is 2.55. The van der Waals surface area contributed by atoms with Crippen LogP contribution in [0.15, 0.2) is 48.8 Å². The van der Waals surface area contributed by atoms with Gasteiger partial charge in [0.1, 0.15) is 0 Å². The molecule has 0 bridgehead atoms. The van der Waals surface area contributed by atoms with Gasteiger partial charge < -0.3 is 15.0 Å². The molecule has 0 saturated carbocycles. The fourth-order valence-corrected chi connectivity index (χ4v) is 3.51. The number of hydrogen-bond acceptors (Lipinski definition) is 4. The number of nitrogens with one attached hydrogen (secondary N) is 1. The van der Waals surface area contributed by atoms with E-state index in [0.717, 1.165) is 32.4 Å². The van der Waals surface area contributed by atoms with Crippen LogP contribution in [0.5, 0.6) is 0 Å². The lowest BCUT2D eigenvalue weighted by Gasteiger charge is -2.32. The van der Waals surface area contributed by atoms with Gasteiger partial charge in [0.25, 0.3) is 11.8 Å². The zero-order valence-electron chi connectivity index (χ0n) is 16.3. The quantitative estimate of drug-likeness (QED) is 0.748. The highest BCUT2D eigenvalue weighted by Crippen LogP contribution is 2.23. The molecule has 2 heterocycles. The molecule has 0 atom stereocenters. The SMILES string of the molecule is COCCNC(=O)c1ccc(CC2CCN(C(=O)c3cccnc3)CC2)cc1. The van der Waals surface area contributed by atoms with Crippen LogP contribution in [0.3, 0.4) is 0 Å². The Bertz CT molecular complexity index is 769. The summed E-state index contributed by atoms with van der Waals surface area (Å²) in [6.07, 6.45) is 6.26. The lowest BCUT2D eigenvalue weighted by atomic mass is 9.89. The molecule has 148 valence electrons. The van der Waals surface area contributed by atoms with Gasteiger partial charge in [-0.2, -0.15) is 0 Å². The van der Waals surface area contributed by atoms with E-state index < -0.39 is 0 Å². The first-order chi connectivity index (χ1) is 13.7. The molecule has 0 unspecified atom stereocenters. The molecule has 1 saturated heterocycles. The maximum absolute atomic E-state index is 12.5. The summed E-state index contributed by atoms with van der Waals surface area (Å²) in [4.78, 5) is 30.5. The topological polar surface area (TPSA) is 71.5 Å². The lowest BCUT2D eigenvalue weighted by Crippen LogP contribution is -2.38. The molecule has 1 aliphatic heterocycles. The number of piperidine rings is 1. The fourth-order valence-electron chi connectivity index (χ4n) is 3.51. The third-order valence-corrected chi connectivity index (χ3v) is 5.14. The van der Waals surface area contributed by atoms with Gasteiger partial charge in [0.05, 0.1) is 12.2 Å². The maximum atomic E-state index is 12.5. The Morgan fingerprint density at radius 3 is 2.54 bits per heavy atom. The van der Waals surface area contributed by atoms with Crippen molar-refractivity contribution in [3.63, 3.8) is 0 Å². The normalized spacial score (nSPS) is 14.7. The first-order valence-electron chi connectivity index (χ1n) is 9.72. The minimum Gasteiger partial charge on any atom is -0.383 e. The number of carbonyl (C=O) groups is 2. The highest BCUT2D eigenvalue weighted by molar-refractivity contribution is 5.94. The molecule has 2 aromatic rings. The number of nitrogens with zero attached hydrogens (tertiary/aromatic N) is 2. The number of benzene rings is 1. The second kappa shape index (κ2) is 9.99. The number of pyridine rings is 1. The van der Waals surface area contributed by atoms with Gasteiger partial charge in [0.15, 0.2) is 0 Å². The van der Waals surface area contributed by atoms with Crippen LogP contribution in [0.1, 0.15) is 39.1 Å². The first kappa shape index (κ1) is 20.0. The zero-order valence-corrected chi connectivity index (χ0v) is 16.3. The van der Waals surface area contributed by atoms with E-state index in [2.05, 4.69) is 10.3 Å². The Morgan fingerprint density at radius 1 is 1.14 bits per heavy atom. The largest absolute Gasteiger partial charge is 0.383 e. The molecular formula is C22H27N3O3. The average molecular weight is 381 g/mol. The lowest BCUT2D eigenvalue weighted by molar-refractivity contribution is 0.0690. The zero-order chi connectivity index (χ0) is 19.8. The van der Waals surface area contributed by atoms with Gasteiger partial charge in [-0.3, -0.25) is 14.6 Å². The predicted molar refractivity (Wildman–Crippen MR) is 107 cm³/mol. The van der Waals surface area contributed by atoms with E-state index in [-0.39, 0.29) is 11.8 Å².